The maximum absolute atomic E-state index is 11.2. The van der Waals surface area contributed by atoms with Gasteiger partial charge in [0, 0.05) is 25.2 Å². The lowest BCUT2D eigenvalue weighted by atomic mass is 9.77. The highest BCUT2D eigenvalue weighted by Gasteiger charge is 2.40. The van der Waals surface area contributed by atoms with Crippen molar-refractivity contribution >= 4 is 15.3 Å². The molecule has 0 amide bonds. The Morgan fingerprint density at radius 2 is 2.05 bits per heavy atom. The minimum absolute atomic E-state index is 0.305. The number of piperidine rings is 2. The SMILES string of the molecule is O=S(=O)=C1CCC2CN3CCc4ccccc4C3CC2N1. The van der Waals surface area contributed by atoms with Gasteiger partial charge in [-0.05, 0) is 42.7 Å². The molecule has 2 fully saturated rings. The largest absolute Gasteiger partial charge is 0.296 e. The van der Waals surface area contributed by atoms with Gasteiger partial charge in [0.1, 0.15) is 4.99 Å². The minimum Gasteiger partial charge on any atom is -0.296 e. The lowest BCUT2D eigenvalue weighted by Gasteiger charge is -2.49. The van der Waals surface area contributed by atoms with Crippen LogP contribution in [0.1, 0.15) is 36.4 Å². The predicted molar refractivity (Wildman–Crippen MR) is 82.7 cm³/mol. The fourth-order valence-electron chi connectivity index (χ4n) is 4.26. The van der Waals surface area contributed by atoms with Crippen molar-refractivity contribution in [1.82, 2.24) is 10.2 Å². The van der Waals surface area contributed by atoms with Crippen molar-refractivity contribution in [3.05, 3.63) is 35.4 Å². The van der Waals surface area contributed by atoms with Crippen LogP contribution in [0, 0.1) is 5.92 Å². The van der Waals surface area contributed by atoms with E-state index in [0.29, 0.717) is 29.4 Å². The molecule has 0 saturated carbocycles. The summed E-state index contributed by atoms with van der Waals surface area (Å²) < 4.78 is 22.4. The molecule has 4 nitrogen and oxygen atoms in total. The Bertz CT molecular complexity index is 690. The Balaban J connectivity index is 1.64. The first-order valence-electron chi connectivity index (χ1n) is 7.76. The maximum atomic E-state index is 11.2. The molecule has 3 heterocycles. The molecule has 0 spiro atoms. The zero-order valence-electron chi connectivity index (χ0n) is 12.0. The molecule has 112 valence electrons. The molecule has 3 atom stereocenters. The third-order valence-electron chi connectivity index (χ3n) is 5.33. The van der Waals surface area contributed by atoms with Crippen LogP contribution in [-0.2, 0) is 16.7 Å². The highest BCUT2D eigenvalue weighted by Crippen LogP contribution is 2.40. The van der Waals surface area contributed by atoms with Crippen LogP contribution in [0.2, 0.25) is 0 Å². The average Bonchev–Trinajstić information content (AvgIpc) is 2.52. The lowest BCUT2D eigenvalue weighted by Crippen LogP contribution is -2.56. The van der Waals surface area contributed by atoms with Crippen molar-refractivity contribution < 1.29 is 8.42 Å². The van der Waals surface area contributed by atoms with Gasteiger partial charge in [0.2, 0.25) is 10.3 Å². The highest BCUT2D eigenvalue weighted by atomic mass is 32.2. The summed E-state index contributed by atoms with van der Waals surface area (Å²) in [4.78, 5) is 3.11. The van der Waals surface area contributed by atoms with Gasteiger partial charge in [0.25, 0.3) is 0 Å². The van der Waals surface area contributed by atoms with Crippen molar-refractivity contribution in [2.45, 2.75) is 37.8 Å². The van der Waals surface area contributed by atoms with Gasteiger partial charge in [0.05, 0.1) is 0 Å². The number of rotatable bonds is 0. The number of nitrogens with one attached hydrogen (secondary N) is 1. The predicted octanol–water partition coefficient (Wildman–Crippen LogP) is 1.37. The van der Waals surface area contributed by atoms with Crippen molar-refractivity contribution in [2.24, 2.45) is 5.92 Å². The minimum atomic E-state index is -2.08. The van der Waals surface area contributed by atoms with Crippen molar-refractivity contribution in [2.75, 3.05) is 13.1 Å². The molecule has 4 rings (SSSR count). The van der Waals surface area contributed by atoms with Gasteiger partial charge < -0.3 is 0 Å². The normalized spacial score (nSPS) is 32.0. The first kappa shape index (κ1) is 13.5. The van der Waals surface area contributed by atoms with E-state index in [2.05, 4.69) is 34.5 Å². The molecule has 0 aromatic heterocycles. The van der Waals surface area contributed by atoms with E-state index in [1.807, 2.05) is 0 Å². The monoisotopic (exact) mass is 304 g/mol. The van der Waals surface area contributed by atoms with Gasteiger partial charge in [-0.1, -0.05) is 24.3 Å². The van der Waals surface area contributed by atoms with Crippen LogP contribution in [0.5, 0.6) is 0 Å². The fraction of sp³-hybridized carbons (Fsp3) is 0.562. The van der Waals surface area contributed by atoms with Crippen LogP contribution >= 0.6 is 0 Å². The molecule has 2 saturated heterocycles. The van der Waals surface area contributed by atoms with Crippen LogP contribution in [0.15, 0.2) is 24.3 Å². The van der Waals surface area contributed by atoms with Crippen LogP contribution in [-0.4, -0.2) is 37.4 Å². The van der Waals surface area contributed by atoms with Crippen molar-refractivity contribution in [3.8, 4) is 0 Å². The molecule has 1 aromatic carbocycles. The Morgan fingerprint density at radius 1 is 1.19 bits per heavy atom. The first-order chi connectivity index (χ1) is 10.2. The van der Waals surface area contributed by atoms with Crippen LogP contribution in [0.25, 0.3) is 0 Å². The van der Waals surface area contributed by atoms with E-state index < -0.39 is 10.3 Å². The number of hydrogen-bond donors (Lipinski definition) is 1. The molecule has 3 aliphatic rings. The summed E-state index contributed by atoms with van der Waals surface area (Å²) >= 11 is 0. The molecule has 0 bridgehead atoms. The molecule has 3 unspecified atom stereocenters. The van der Waals surface area contributed by atoms with Gasteiger partial charge in [-0.25, -0.2) is 0 Å². The Hall–Kier alpha value is -1.17. The highest BCUT2D eigenvalue weighted by molar-refractivity contribution is 7.72. The molecule has 0 aliphatic carbocycles. The second kappa shape index (κ2) is 5.23. The Kier molecular flexibility index (Phi) is 3.36. The topological polar surface area (TPSA) is 49.4 Å². The van der Waals surface area contributed by atoms with E-state index in [1.54, 1.807) is 0 Å². The van der Waals surface area contributed by atoms with E-state index in [9.17, 15) is 8.42 Å². The third-order valence-corrected chi connectivity index (χ3v) is 6.05. The van der Waals surface area contributed by atoms with E-state index in [1.165, 1.54) is 11.1 Å². The van der Waals surface area contributed by atoms with Crippen molar-refractivity contribution in [3.63, 3.8) is 0 Å². The van der Waals surface area contributed by atoms with Gasteiger partial charge in [-0.3, -0.25) is 10.2 Å². The Labute approximate surface area is 126 Å². The van der Waals surface area contributed by atoms with Gasteiger partial charge >= 0.3 is 0 Å². The second-order valence-corrected chi connectivity index (χ2v) is 7.36. The first-order valence-corrected chi connectivity index (χ1v) is 8.83. The average molecular weight is 304 g/mol. The summed E-state index contributed by atoms with van der Waals surface area (Å²) in [5, 5.41) is 3.30. The van der Waals surface area contributed by atoms with E-state index in [4.69, 9.17) is 0 Å². The quantitative estimate of drug-likeness (QED) is 0.736. The summed E-state index contributed by atoms with van der Waals surface area (Å²) in [5.74, 6) is 0.582. The van der Waals surface area contributed by atoms with Gasteiger partial charge in [-0.2, -0.15) is 8.42 Å². The summed E-state index contributed by atoms with van der Waals surface area (Å²) in [7, 11) is -2.08. The summed E-state index contributed by atoms with van der Waals surface area (Å²) in [6.45, 7) is 2.23. The summed E-state index contributed by atoms with van der Waals surface area (Å²) in [5.41, 5.74) is 2.91. The van der Waals surface area contributed by atoms with Crippen LogP contribution in [0.4, 0.5) is 0 Å². The summed E-state index contributed by atoms with van der Waals surface area (Å²) in [6, 6.07) is 9.46. The molecule has 21 heavy (non-hydrogen) atoms. The molecule has 1 aromatic rings. The van der Waals surface area contributed by atoms with Gasteiger partial charge in [0.15, 0.2) is 0 Å². The van der Waals surface area contributed by atoms with E-state index in [0.717, 1.165) is 32.4 Å². The third kappa shape index (κ3) is 2.33. The molecule has 3 aliphatic heterocycles. The number of benzene rings is 1. The smallest absolute Gasteiger partial charge is 0.228 e. The molecular weight excluding hydrogens is 284 g/mol. The van der Waals surface area contributed by atoms with E-state index in [-0.39, 0.29) is 0 Å². The lowest BCUT2D eigenvalue weighted by molar-refractivity contribution is 0.0695. The zero-order chi connectivity index (χ0) is 14.4. The molecule has 1 N–H and O–H groups in total. The number of hydrogen-bond acceptors (Lipinski definition) is 3. The zero-order valence-corrected chi connectivity index (χ0v) is 12.8. The number of nitrogens with zero attached hydrogens (tertiary/aromatic N) is 1. The second-order valence-electron chi connectivity index (χ2n) is 6.40. The fourth-order valence-corrected chi connectivity index (χ4v) is 4.79. The van der Waals surface area contributed by atoms with Crippen LogP contribution in [0.3, 0.4) is 0 Å². The van der Waals surface area contributed by atoms with E-state index >= 15 is 0 Å². The standard InChI is InChI=1S/C16H20N2O2S/c19-21(20)16-6-5-12-10-18-8-7-11-3-1-2-4-13(11)15(18)9-14(12)17-16/h1-4,12,14-15,17H,5-10H2. The van der Waals surface area contributed by atoms with Crippen LogP contribution < -0.4 is 5.32 Å². The summed E-state index contributed by atoms with van der Waals surface area (Å²) in [6.07, 6.45) is 3.82. The molecule has 5 heteroatoms. The molecule has 0 radical (unpaired) electrons. The number of fused-ring (bicyclic) bond motifs is 4. The van der Waals surface area contributed by atoms with Gasteiger partial charge in [-0.15, -0.1) is 0 Å². The Morgan fingerprint density at radius 3 is 2.90 bits per heavy atom. The maximum Gasteiger partial charge on any atom is 0.228 e. The van der Waals surface area contributed by atoms with Crippen molar-refractivity contribution in [1.29, 1.82) is 0 Å². The molecular formula is C16H20N2O2S.